The lowest BCUT2D eigenvalue weighted by Gasteiger charge is -2.27. The lowest BCUT2D eigenvalue weighted by molar-refractivity contribution is -0.167. The van der Waals surface area contributed by atoms with Gasteiger partial charge in [0.15, 0.2) is 6.29 Å². The van der Waals surface area contributed by atoms with Crippen LogP contribution in [0.5, 0.6) is 0 Å². The predicted octanol–water partition coefficient (Wildman–Crippen LogP) is 13.8. The molecule has 1 aromatic carbocycles. The average Bonchev–Trinajstić information content (AvgIpc) is 3.39. The van der Waals surface area contributed by atoms with Crippen molar-refractivity contribution in [2.45, 2.75) is 302 Å². The summed E-state index contributed by atoms with van der Waals surface area (Å²) in [5, 5.41) is 19.0. The van der Waals surface area contributed by atoms with E-state index in [-0.39, 0.29) is 74.6 Å². The van der Waals surface area contributed by atoms with Gasteiger partial charge < -0.3 is 40.0 Å². The fourth-order valence-corrected chi connectivity index (χ4v) is 9.72. The van der Waals surface area contributed by atoms with Crippen molar-refractivity contribution in [1.82, 2.24) is 16.0 Å². The monoisotopic (exact) mass is 1030 g/mol. The molecule has 1 saturated heterocycles. The molecule has 1 aliphatic heterocycles. The van der Waals surface area contributed by atoms with Crippen molar-refractivity contribution in [1.29, 1.82) is 0 Å². The molecule has 0 radical (unpaired) electrons. The minimum atomic E-state index is -0.940. The Morgan fingerprint density at radius 2 is 1.12 bits per heavy atom. The zero-order chi connectivity index (χ0) is 52.7. The Bertz CT molecular complexity index is 1460. The molecule has 0 aliphatic carbocycles. The maximum absolute atomic E-state index is 13.7. The number of ether oxygens (including phenoxy) is 4. The second-order valence-electron chi connectivity index (χ2n) is 21.2. The van der Waals surface area contributed by atoms with E-state index in [1.165, 1.54) is 122 Å². The Balaban J connectivity index is 1.95. The highest BCUT2D eigenvalue weighted by atomic mass is 16.7. The van der Waals surface area contributed by atoms with Gasteiger partial charge in [0.2, 0.25) is 17.7 Å². The number of carbonyl (C=O) groups excluding carboxylic acids is 4. The number of nitrogens with one attached hydrogen (secondary N) is 3. The number of aliphatic hydroxyl groups is 1. The highest BCUT2D eigenvalue weighted by molar-refractivity contribution is 5.87. The van der Waals surface area contributed by atoms with Gasteiger partial charge in [-0.05, 0) is 69.8 Å². The molecule has 3 unspecified atom stereocenters. The fourth-order valence-electron chi connectivity index (χ4n) is 9.72. The summed E-state index contributed by atoms with van der Waals surface area (Å²) in [5.41, 5.74) is 1.08. The SMILES string of the molecule is CCCCCCCCCCCC(=O)O[C@H](CCCCCCCCCCC)CC(=O)NC(CCO)C(=O)NCCCC(COC1CCCCO1)NC(=O)C[C@@H](CCCCCCCCCCC)OCc1ccccc1. The molecule has 1 heterocycles. The molecule has 0 bridgehead atoms. The first kappa shape index (κ1) is 66.1. The summed E-state index contributed by atoms with van der Waals surface area (Å²) in [5.74, 6) is -1.12. The quantitative estimate of drug-likeness (QED) is 0.0368. The van der Waals surface area contributed by atoms with E-state index in [0.717, 1.165) is 82.6 Å². The molecule has 0 aromatic heterocycles. The van der Waals surface area contributed by atoms with Gasteiger partial charge in [0.25, 0.3) is 0 Å². The predicted molar refractivity (Wildman–Crippen MR) is 297 cm³/mol. The van der Waals surface area contributed by atoms with Crippen LogP contribution in [0, 0.1) is 0 Å². The molecular weight excluding hydrogens is 919 g/mol. The van der Waals surface area contributed by atoms with E-state index in [0.29, 0.717) is 45.4 Å². The molecule has 12 heteroatoms. The zero-order valence-electron chi connectivity index (χ0n) is 46.9. The van der Waals surface area contributed by atoms with E-state index in [2.05, 4.69) is 36.7 Å². The Kier molecular flexibility index (Phi) is 42.9. The van der Waals surface area contributed by atoms with E-state index in [1.54, 1.807) is 0 Å². The molecule has 1 aromatic rings. The maximum Gasteiger partial charge on any atom is 0.306 e. The standard InChI is InChI=1S/C61H109N3O9/c1-4-7-10-13-16-19-22-25-31-40-54(71-50-52-37-29-28-30-38-52)48-57(66)63-53(51-72-60-43-34-35-47-70-60)39-36-45-62-61(69)56(44-46-65)64-58(67)49-55(41-32-26-23-20-17-14-11-8-5-2)73-59(68)42-33-27-24-21-18-15-12-9-6-3/h28-30,37-38,53-56,60,65H,4-27,31-36,39-51H2,1-3H3,(H,62,69)(H,63,66)(H,64,67)/t53?,54-,55-,56?,60?/m1/s1. The van der Waals surface area contributed by atoms with Gasteiger partial charge in [-0.3, -0.25) is 19.2 Å². The first-order chi connectivity index (χ1) is 35.8. The van der Waals surface area contributed by atoms with Crippen LogP contribution in [0.4, 0.5) is 0 Å². The first-order valence-electron chi connectivity index (χ1n) is 30.3. The summed E-state index contributed by atoms with van der Waals surface area (Å²) in [6.45, 7) is 8.12. The molecule has 3 amide bonds. The number of hydrogen-bond acceptors (Lipinski definition) is 9. The molecule has 12 nitrogen and oxygen atoms in total. The van der Waals surface area contributed by atoms with E-state index < -0.39 is 12.1 Å². The molecule has 0 spiro atoms. The normalized spacial score (nSPS) is 15.3. The first-order valence-corrected chi connectivity index (χ1v) is 30.3. The molecule has 5 atom stereocenters. The summed E-state index contributed by atoms with van der Waals surface area (Å²) < 4.78 is 24.4. The van der Waals surface area contributed by atoms with Crippen LogP contribution in [0.25, 0.3) is 0 Å². The van der Waals surface area contributed by atoms with Crippen molar-refractivity contribution in [3.8, 4) is 0 Å². The smallest absolute Gasteiger partial charge is 0.306 e. The van der Waals surface area contributed by atoms with Crippen LogP contribution in [0.1, 0.15) is 270 Å². The van der Waals surface area contributed by atoms with Crippen LogP contribution in [-0.4, -0.2) is 85.7 Å². The van der Waals surface area contributed by atoms with Crippen LogP contribution in [0.3, 0.4) is 0 Å². The molecule has 422 valence electrons. The van der Waals surface area contributed by atoms with Gasteiger partial charge >= 0.3 is 5.97 Å². The van der Waals surface area contributed by atoms with Crippen molar-refractivity contribution >= 4 is 23.7 Å². The van der Waals surface area contributed by atoms with Crippen LogP contribution >= 0.6 is 0 Å². The van der Waals surface area contributed by atoms with Crippen molar-refractivity contribution in [3.63, 3.8) is 0 Å². The molecule has 1 fully saturated rings. The van der Waals surface area contributed by atoms with Crippen LogP contribution in [0.2, 0.25) is 0 Å². The number of benzene rings is 1. The third-order valence-electron chi connectivity index (χ3n) is 14.3. The Labute approximate surface area is 445 Å². The number of esters is 1. The van der Waals surface area contributed by atoms with Crippen LogP contribution in [0.15, 0.2) is 30.3 Å². The maximum atomic E-state index is 13.7. The molecule has 0 saturated carbocycles. The van der Waals surface area contributed by atoms with E-state index >= 15 is 0 Å². The number of rotatable bonds is 50. The van der Waals surface area contributed by atoms with Gasteiger partial charge in [0, 0.05) is 26.2 Å². The number of unbranched alkanes of at least 4 members (excludes halogenated alkanes) is 24. The van der Waals surface area contributed by atoms with Crippen molar-refractivity contribution < 1.29 is 43.2 Å². The lowest BCUT2D eigenvalue weighted by Crippen LogP contribution is -2.48. The summed E-state index contributed by atoms with van der Waals surface area (Å²) in [6.07, 6.45) is 36.9. The molecule has 4 N–H and O–H groups in total. The number of hydrogen-bond donors (Lipinski definition) is 4. The highest BCUT2D eigenvalue weighted by Gasteiger charge is 2.25. The third-order valence-corrected chi connectivity index (χ3v) is 14.3. The minimum Gasteiger partial charge on any atom is -0.462 e. The summed E-state index contributed by atoms with van der Waals surface area (Å²) >= 11 is 0. The number of aliphatic hydroxyl groups excluding tert-OH is 1. The van der Waals surface area contributed by atoms with E-state index in [9.17, 15) is 24.3 Å². The zero-order valence-corrected chi connectivity index (χ0v) is 46.9. The summed E-state index contributed by atoms with van der Waals surface area (Å²) in [6, 6.07) is 8.84. The third kappa shape index (κ3) is 38.2. The average molecular weight is 1030 g/mol. The van der Waals surface area contributed by atoms with Gasteiger partial charge in [-0.25, -0.2) is 0 Å². The lowest BCUT2D eigenvalue weighted by atomic mass is 10.0. The highest BCUT2D eigenvalue weighted by Crippen LogP contribution is 2.20. The summed E-state index contributed by atoms with van der Waals surface area (Å²) in [7, 11) is 0. The van der Waals surface area contributed by atoms with Gasteiger partial charge in [-0.2, -0.15) is 0 Å². The van der Waals surface area contributed by atoms with E-state index in [4.69, 9.17) is 18.9 Å². The van der Waals surface area contributed by atoms with E-state index in [1.807, 2.05) is 30.3 Å². The molecule has 73 heavy (non-hydrogen) atoms. The minimum absolute atomic E-state index is 0.0286. The summed E-state index contributed by atoms with van der Waals surface area (Å²) in [4.78, 5) is 53.8. The van der Waals surface area contributed by atoms with Gasteiger partial charge in [-0.15, -0.1) is 0 Å². The largest absolute Gasteiger partial charge is 0.462 e. The van der Waals surface area contributed by atoms with Crippen LogP contribution in [-0.2, 0) is 44.7 Å². The second kappa shape index (κ2) is 47.4. The van der Waals surface area contributed by atoms with Crippen molar-refractivity contribution in [2.75, 3.05) is 26.4 Å². The molecule has 1 aliphatic rings. The Morgan fingerprint density at radius 1 is 0.603 bits per heavy atom. The van der Waals surface area contributed by atoms with Gasteiger partial charge in [0.1, 0.15) is 12.1 Å². The fraction of sp³-hybridized carbons (Fsp3) is 0.836. The Hall–Kier alpha value is -3.06. The van der Waals surface area contributed by atoms with Gasteiger partial charge in [0.05, 0.1) is 38.2 Å². The number of amides is 3. The van der Waals surface area contributed by atoms with Crippen LogP contribution < -0.4 is 16.0 Å². The van der Waals surface area contributed by atoms with Gasteiger partial charge in [-0.1, -0.05) is 212 Å². The van der Waals surface area contributed by atoms with Crippen molar-refractivity contribution in [2.24, 2.45) is 0 Å². The van der Waals surface area contributed by atoms with Crippen molar-refractivity contribution in [3.05, 3.63) is 35.9 Å². The topological polar surface area (TPSA) is 162 Å². The molecular formula is C61H109N3O9. The second-order valence-corrected chi connectivity index (χ2v) is 21.2. The Morgan fingerprint density at radius 3 is 1.67 bits per heavy atom. The molecule has 2 rings (SSSR count). The number of carbonyl (C=O) groups is 4.